The lowest BCUT2D eigenvalue weighted by atomic mass is 9.70. The van der Waals surface area contributed by atoms with Crippen LogP contribution in [0.3, 0.4) is 0 Å². The van der Waals surface area contributed by atoms with Gasteiger partial charge in [0.25, 0.3) is 0 Å². The minimum absolute atomic E-state index is 0.466. The third-order valence-corrected chi connectivity index (χ3v) is 4.54. The second-order valence-corrected chi connectivity index (χ2v) is 6.78. The van der Waals surface area contributed by atoms with Crippen molar-refractivity contribution in [3.05, 3.63) is 36.0 Å². The van der Waals surface area contributed by atoms with Gasteiger partial charge in [-0.05, 0) is 41.7 Å². The number of nitrogens with one attached hydrogen (secondary N) is 1. The molecular weight excluding hydrogens is 246 g/mol. The number of rotatable bonds is 2. The Kier molecular flexibility index (Phi) is 3.28. The lowest BCUT2D eigenvalue weighted by Crippen LogP contribution is -2.21. The topological polar surface area (TPSA) is 54.7 Å². The summed E-state index contributed by atoms with van der Waals surface area (Å²) in [7, 11) is 0. The molecular formula is C17H23N3. The average molecular weight is 269 g/mol. The Bertz CT molecular complexity index is 598. The maximum Gasteiger partial charge on any atom is 0.126 e. The first kappa shape index (κ1) is 13.2. The zero-order chi connectivity index (χ0) is 14.2. The Labute approximate surface area is 120 Å². The summed E-state index contributed by atoms with van der Waals surface area (Å²) in [5, 5.41) is 6.82. The van der Waals surface area contributed by atoms with Gasteiger partial charge in [-0.25, -0.2) is 0 Å². The smallest absolute Gasteiger partial charge is 0.126 e. The predicted octanol–water partition coefficient (Wildman–Crippen LogP) is 4.34. The second kappa shape index (κ2) is 4.97. The van der Waals surface area contributed by atoms with Gasteiger partial charge in [0.2, 0.25) is 0 Å². The molecule has 1 saturated carbocycles. The van der Waals surface area contributed by atoms with E-state index in [2.05, 4.69) is 48.3 Å². The van der Waals surface area contributed by atoms with Crippen LogP contribution in [-0.4, -0.2) is 10.2 Å². The molecule has 1 unspecified atom stereocenters. The summed E-state index contributed by atoms with van der Waals surface area (Å²) in [5.41, 5.74) is 10.00. The van der Waals surface area contributed by atoms with Gasteiger partial charge in [0.15, 0.2) is 0 Å². The molecule has 0 spiro atoms. The normalized spacial score (nSPS) is 21.8. The van der Waals surface area contributed by atoms with E-state index in [1.165, 1.54) is 31.2 Å². The summed E-state index contributed by atoms with van der Waals surface area (Å²) < 4.78 is 0. The van der Waals surface area contributed by atoms with E-state index in [0.29, 0.717) is 17.2 Å². The van der Waals surface area contributed by atoms with Crippen molar-refractivity contribution in [3.8, 4) is 11.1 Å². The number of anilines is 1. The predicted molar refractivity (Wildman–Crippen MR) is 83.4 cm³/mol. The summed E-state index contributed by atoms with van der Waals surface area (Å²) >= 11 is 0. The zero-order valence-electron chi connectivity index (χ0n) is 12.3. The van der Waals surface area contributed by atoms with E-state index in [-0.39, 0.29) is 0 Å². The third-order valence-electron chi connectivity index (χ3n) is 4.54. The largest absolute Gasteiger partial charge is 0.384 e. The number of aromatic nitrogens is 2. The Morgan fingerprint density at radius 2 is 2.20 bits per heavy atom. The van der Waals surface area contributed by atoms with Gasteiger partial charge in [-0.1, -0.05) is 44.5 Å². The standard InChI is InChI=1S/C17H23N3/c1-17(2)8-4-7-14(10-17)12-5-3-6-13(9-12)15-11-19-20-16(15)18/h3,5-6,9,11,14H,4,7-8,10H2,1-2H3,(H3,18,19,20). The molecule has 0 saturated heterocycles. The van der Waals surface area contributed by atoms with Gasteiger partial charge in [-0.15, -0.1) is 0 Å². The van der Waals surface area contributed by atoms with Crippen molar-refractivity contribution in [2.45, 2.75) is 45.4 Å². The SMILES string of the molecule is CC1(C)CCCC(c2cccc(-c3cn[nH]c3N)c2)C1. The summed E-state index contributed by atoms with van der Waals surface area (Å²) in [4.78, 5) is 0. The summed E-state index contributed by atoms with van der Waals surface area (Å²) in [6.07, 6.45) is 7.05. The number of aromatic amines is 1. The summed E-state index contributed by atoms with van der Waals surface area (Å²) in [6.45, 7) is 4.77. The molecule has 3 heteroatoms. The van der Waals surface area contributed by atoms with Crippen molar-refractivity contribution in [1.82, 2.24) is 10.2 Å². The van der Waals surface area contributed by atoms with Gasteiger partial charge in [-0.3, -0.25) is 5.10 Å². The van der Waals surface area contributed by atoms with Crippen LogP contribution in [-0.2, 0) is 0 Å². The summed E-state index contributed by atoms with van der Waals surface area (Å²) in [5.74, 6) is 1.32. The molecule has 2 aromatic rings. The lowest BCUT2D eigenvalue weighted by molar-refractivity contribution is 0.219. The Morgan fingerprint density at radius 1 is 1.35 bits per heavy atom. The van der Waals surface area contributed by atoms with E-state index >= 15 is 0 Å². The van der Waals surface area contributed by atoms with Crippen LogP contribution in [0.25, 0.3) is 11.1 Å². The molecule has 1 aromatic heterocycles. The Balaban J connectivity index is 1.90. The number of nitrogen functional groups attached to an aromatic ring is 1. The molecule has 0 radical (unpaired) electrons. The molecule has 1 aliphatic carbocycles. The molecule has 1 aromatic carbocycles. The van der Waals surface area contributed by atoms with Gasteiger partial charge in [0.05, 0.1) is 6.20 Å². The van der Waals surface area contributed by atoms with Crippen LogP contribution in [0.2, 0.25) is 0 Å². The molecule has 3 nitrogen and oxygen atoms in total. The van der Waals surface area contributed by atoms with Gasteiger partial charge in [0, 0.05) is 5.56 Å². The van der Waals surface area contributed by atoms with Gasteiger partial charge in [-0.2, -0.15) is 5.10 Å². The Hall–Kier alpha value is -1.77. The summed E-state index contributed by atoms with van der Waals surface area (Å²) in [6, 6.07) is 8.79. The number of hydrogen-bond donors (Lipinski definition) is 2. The lowest BCUT2D eigenvalue weighted by Gasteiger charge is -2.35. The average Bonchev–Trinajstić information content (AvgIpc) is 2.84. The van der Waals surface area contributed by atoms with Crippen LogP contribution in [0.4, 0.5) is 5.82 Å². The number of nitrogens with zero attached hydrogens (tertiary/aromatic N) is 1. The van der Waals surface area contributed by atoms with E-state index in [1.54, 1.807) is 6.20 Å². The van der Waals surface area contributed by atoms with Crippen molar-refractivity contribution in [2.24, 2.45) is 5.41 Å². The van der Waals surface area contributed by atoms with Crippen LogP contribution in [0, 0.1) is 5.41 Å². The van der Waals surface area contributed by atoms with Gasteiger partial charge >= 0.3 is 0 Å². The number of benzene rings is 1. The van der Waals surface area contributed by atoms with E-state index < -0.39 is 0 Å². The van der Waals surface area contributed by atoms with Crippen LogP contribution in [0.1, 0.15) is 51.0 Å². The third kappa shape index (κ3) is 2.58. The molecule has 0 bridgehead atoms. The van der Waals surface area contributed by atoms with Gasteiger partial charge in [0.1, 0.15) is 5.82 Å². The zero-order valence-corrected chi connectivity index (χ0v) is 12.3. The quantitative estimate of drug-likeness (QED) is 0.852. The first-order valence-electron chi connectivity index (χ1n) is 7.44. The molecule has 3 N–H and O–H groups in total. The minimum atomic E-state index is 0.466. The van der Waals surface area contributed by atoms with Crippen LogP contribution in [0.5, 0.6) is 0 Å². The fourth-order valence-corrected chi connectivity index (χ4v) is 3.47. The minimum Gasteiger partial charge on any atom is -0.384 e. The molecule has 106 valence electrons. The fraction of sp³-hybridized carbons (Fsp3) is 0.471. The maximum atomic E-state index is 5.93. The molecule has 1 heterocycles. The highest BCUT2D eigenvalue weighted by atomic mass is 15.1. The van der Waals surface area contributed by atoms with E-state index in [9.17, 15) is 0 Å². The molecule has 1 fully saturated rings. The monoisotopic (exact) mass is 269 g/mol. The van der Waals surface area contributed by atoms with Crippen molar-refractivity contribution >= 4 is 5.82 Å². The van der Waals surface area contributed by atoms with Gasteiger partial charge < -0.3 is 5.73 Å². The molecule has 1 atom stereocenters. The van der Waals surface area contributed by atoms with E-state index in [1.807, 2.05) is 0 Å². The van der Waals surface area contributed by atoms with Crippen molar-refractivity contribution in [1.29, 1.82) is 0 Å². The second-order valence-electron chi connectivity index (χ2n) is 6.78. The maximum absolute atomic E-state index is 5.93. The Morgan fingerprint density at radius 3 is 2.90 bits per heavy atom. The highest BCUT2D eigenvalue weighted by Gasteiger charge is 2.28. The van der Waals surface area contributed by atoms with Crippen molar-refractivity contribution in [3.63, 3.8) is 0 Å². The molecule has 20 heavy (non-hydrogen) atoms. The molecule has 1 aliphatic rings. The fourth-order valence-electron chi connectivity index (χ4n) is 3.47. The highest BCUT2D eigenvalue weighted by Crippen LogP contribution is 2.43. The van der Waals surface area contributed by atoms with Crippen LogP contribution >= 0.6 is 0 Å². The van der Waals surface area contributed by atoms with Crippen molar-refractivity contribution < 1.29 is 0 Å². The van der Waals surface area contributed by atoms with Crippen molar-refractivity contribution in [2.75, 3.05) is 5.73 Å². The molecule has 3 rings (SSSR count). The molecule has 0 aliphatic heterocycles. The van der Waals surface area contributed by atoms with Crippen LogP contribution < -0.4 is 5.73 Å². The van der Waals surface area contributed by atoms with Crippen LogP contribution in [0.15, 0.2) is 30.5 Å². The number of H-pyrrole nitrogens is 1. The highest BCUT2D eigenvalue weighted by molar-refractivity contribution is 5.73. The van der Waals surface area contributed by atoms with E-state index in [0.717, 1.165) is 11.1 Å². The molecule has 0 amide bonds. The number of hydrogen-bond acceptors (Lipinski definition) is 2. The number of nitrogens with two attached hydrogens (primary N) is 1. The first-order valence-corrected chi connectivity index (χ1v) is 7.44. The first-order chi connectivity index (χ1) is 9.55. The van der Waals surface area contributed by atoms with E-state index in [4.69, 9.17) is 5.73 Å².